The Morgan fingerprint density at radius 1 is 0.697 bits per heavy atom. The summed E-state index contributed by atoms with van der Waals surface area (Å²) in [7, 11) is 0.265. The van der Waals surface area contributed by atoms with Crippen molar-refractivity contribution < 1.29 is 52.4 Å². The van der Waals surface area contributed by atoms with Crippen LogP contribution in [0, 0.1) is 34.5 Å². The van der Waals surface area contributed by atoms with Crippen molar-refractivity contribution in [3.05, 3.63) is 71.8 Å². The van der Waals surface area contributed by atoms with Gasteiger partial charge in [-0.05, 0) is 130 Å². The number of likely N-dealkylation sites (tertiary alicyclic amines) is 3. The van der Waals surface area contributed by atoms with Crippen LogP contribution in [0.1, 0.15) is 117 Å². The highest BCUT2D eigenvalue weighted by atomic mass is 16.7. The van der Waals surface area contributed by atoms with Gasteiger partial charge in [0.05, 0.1) is 47.9 Å². The quantitative estimate of drug-likeness (QED) is 0.208. The van der Waals surface area contributed by atoms with Crippen LogP contribution in [-0.2, 0) is 50.9 Å². The van der Waals surface area contributed by atoms with Crippen molar-refractivity contribution in [3.63, 3.8) is 0 Å². The summed E-state index contributed by atoms with van der Waals surface area (Å²) in [6.45, 7) is 18.6. The Morgan fingerprint density at radius 3 is 1.74 bits per heavy atom. The number of ether oxygens (including phenoxy) is 2. The number of hydrogen-bond acceptors (Lipinski definition) is 13. The van der Waals surface area contributed by atoms with Crippen molar-refractivity contribution in [3.8, 4) is 0 Å². The fourth-order valence-corrected chi connectivity index (χ4v) is 15.4. The molecule has 414 valence electrons. The van der Waals surface area contributed by atoms with Gasteiger partial charge in [-0.3, -0.25) is 14.5 Å². The summed E-state index contributed by atoms with van der Waals surface area (Å²) in [4.78, 5) is 60.5. The lowest BCUT2D eigenvalue weighted by atomic mass is 9.43. The minimum absolute atomic E-state index is 0.0393. The highest BCUT2D eigenvalue weighted by molar-refractivity contribution is 6.48. The molecule has 3 N–H and O–H groups in total. The van der Waals surface area contributed by atoms with E-state index in [-0.39, 0.29) is 92.0 Å². The molecule has 0 radical (unpaired) electrons. The number of nitrogens with one attached hydrogen (secondary N) is 2. The van der Waals surface area contributed by atoms with Gasteiger partial charge in [-0.15, -0.1) is 0 Å². The standard InChI is InChI=1S/C36H46BN3O7.C20H34BN3O3.CH4O/c1-35(2)27-19-29(35)36(3)30(20-27)46-37(47-36)31-15-10-17-39(31)32(41)22-40(34(43)45-24-26-13-8-5-9-14-26)28-16-18-38(21-28)33(42)44-23-25-11-6-4-7-12-25;1-19(2)13-9-15(19)20(3)16(10-13)26-21(27-20)17-5-4-8-24(17)18(25)12-23-14-6-7-22-11-14;1-2/h4-9,11-14,27-31H,10,15-24H2,1-3H3;13-17,22-23H,4-12H2,1-3H3;2H,1H3/t27-,28?,29-,30+,31?,36-;13-,14+,15-,16+,17?,20-;/m00./s1. The Kier molecular flexibility index (Phi) is 16.3. The van der Waals surface area contributed by atoms with Crippen LogP contribution in [-0.4, -0.2) is 170 Å². The molecule has 3 unspecified atom stereocenters. The van der Waals surface area contributed by atoms with Gasteiger partial charge in [-0.25, -0.2) is 9.59 Å². The van der Waals surface area contributed by atoms with Crippen molar-refractivity contribution >= 4 is 38.2 Å². The summed E-state index contributed by atoms with van der Waals surface area (Å²) in [5.41, 5.74) is 1.81. The summed E-state index contributed by atoms with van der Waals surface area (Å²) in [5, 5.41) is 13.8. The number of aliphatic hydroxyl groups is 1. The summed E-state index contributed by atoms with van der Waals surface area (Å²) in [6.07, 6.45) is 9.04. The summed E-state index contributed by atoms with van der Waals surface area (Å²) < 4.78 is 37.7. The normalized spacial score (nSPS) is 34.9. The highest BCUT2D eigenvalue weighted by Gasteiger charge is 2.70. The Morgan fingerprint density at radius 2 is 1.22 bits per heavy atom. The van der Waals surface area contributed by atoms with Crippen LogP contribution >= 0.6 is 0 Å². The second kappa shape index (κ2) is 22.5. The van der Waals surface area contributed by atoms with Crippen molar-refractivity contribution in [2.24, 2.45) is 34.5 Å². The molecule has 19 heteroatoms. The van der Waals surface area contributed by atoms with Crippen LogP contribution in [0.15, 0.2) is 60.7 Å². The van der Waals surface area contributed by atoms with Crippen LogP contribution in [0.5, 0.6) is 0 Å². The SMILES string of the molecule is CC1(C)[C@@H]2C[C@H]3OB(C4CCCN4C(=O)CN(C(=O)OCc4ccccc4)C4CCN(C(=O)OCc5ccccc5)C4)O[C@@]3(C)[C@H]1C2.CC1(C)[C@@H]2C[C@H]3OB(C4CCCN4C(=O)CN[C@@H]4CCNC4)O[C@@]3(C)[C@H]1C2.CO. The zero-order valence-corrected chi connectivity index (χ0v) is 46.2. The molecule has 0 spiro atoms. The van der Waals surface area contributed by atoms with E-state index >= 15 is 0 Å². The number of aliphatic hydroxyl groups excluding tert-OH is 1. The molecule has 2 aromatic carbocycles. The van der Waals surface area contributed by atoms with E-state index in [0.29, 0.717) is 55.3 Å². The molecule has 14 rings (SSSR count). The average Bonchev–Trinajstić information content (AvgIpc) is 4.40. The molecule has 6 saturated heterocycles. The molecule has 2 aromatic rings. The number of carbonyl (C=O) groups is 4. The van der Waals surface area contributed by atoms with Gasteiger partial charge < -0.3 is 58.5 Å². The number of amides is 4. The molecule has 12 aliphatic rings. The number of rotatable bonds is 12. The molecule has 76 heavy (non-hydrogen) atoms. The van der Waals surface area contributed by atoms with E-state index in [2.05, 4.69) is 52.2 Å². The van der Waals surface area contributed by atoms with Gasteiger partial charge >= 0.3 is 26.4 Å². The van der Waals surface area contributed by atoms with Crippen LogP contribution < -0.4 is 10.6 Å². The van der Waals surface area contributed by atoms with Crippen LogP contribution in [0.3, 0.4) is 0 Å². The maximum atomic E-state index is 14.1. The van der Waals surface area contributed by atoms with Gasteiger partial charge in [0.1, 0.15) is 19.8 Å². The monoisotopic (exact) mass is 1050 g/mol. The predicted molar refractivity (Wildman–Crippen MR) is 287 cm³/mol. The van der Waals surface area contributed by atoms with Gasteiger partial charge in [0.2, 0.25) is 11.8 Å². The topological polar surface area (TPSA) is 181 Å². The predicted octanol–water partition coefficient (Wildman–Crippen LogP) is 6.10. The molecule has 6 aliphatic heterocycles. The fourth-order valence-electron chi connectivity index (χ4n) is 15.4. The van der Waals surface area contributed by atoms with Gasteiger partial charge in [0.15, 0.2) is 0 Å². The second-order valence-electron chi connectivity index (χ2n) is 24.9. The third-order valence-electron chi connectivity index (χ3n) is 20.2. The first-order valence-electron chi connectivity index (χ1n) is 28.6. The molecule has 12 fully saturated rings. The summed E-state index contributed by atoms with van der Waals surface area (Å²) in [6, 6.07) is 19.0. The Balaban J connectivity index is 0.000000191. The second-order valence-corrected chi connectivity index (χ2v) is 24.9. The Bertz CT molecular complexity index is 2370. The first kappa shape index (κ1) is 55.1. The lowest BCUT2D eigenvalue weighted by molar-refractivity contribution is -0.199. The maximum absolute atomic E-state index is 14.1. The lowest BCUT2D eigenvalue weighted by Gasteiger charge is -2.64. The largest absolute Gasteiger partial charge is 0.481 e. The molecule has 4 amide bonds. The smallest absolute Gasteiger partial charge is 0.445 e. The van der Waals surface area contributed by atoms with Crippen molar-refractivity contribution in [1.29, 1.82) is 0 Å². The molecule has 6 heterocycles. The number of carbonyl (C=O) groups excluding carboxylic acids is 4. The molecule has 0 aromatic heterocycles. The third-order valence-corrected chi connectivity index (χ3v) is 20.2. The number of nitrogens with zero attached hydrogens (tertiary/aromatic N) is 4. The molecule has 6 saturated carbocycles. The maximum Gasteiger partial charge on any atom is 0.481 e. The van der Waals surface area contributed by atoms with Crippen molar-refractivity contribution in [2.75, 3.05) is 59.5 Å². The highest BCUT2D eigenvalue weighted by Crippen LogP contribution is 2.67. The zero-order chi connectivity index (χ0) is 53.6. The van der Waals surface area contributed by atoms with Crippen molar-refractivity contribution in [1.82, 2.24) is 30.2 Å². The van der Waals surface area contributed by atoms with Crippen LogP contribution in [0.2, 0.25) is 0 Å². The molecule has 17 nitrogen and oxygen atoms in total. The minimum atomic E-state index is -0.573. The molecule has 12 atom stereocenters. The van der Waals surface area contributed by atoms with E-state index in [1.54, 1.807) is 4.90 Å². The van der Waals surface area contributed by atoms with Gasteiger partial charge in [0.25, 0.3) is 0 Å². The molecular weight excluding hydrogens is 966 g/mol. The van der Waals surface area contributed by atoms with Gasteiger partial charge in [-0.2, -0.15) is 0 Å². The summed E-state index contributed by atoms with van der Waals surface area (Å²) in [5.74, 6) is 2.31. The van der Waals surface area contributed by atoms with E-state index in [1.165, 1.54) is 17.7 Å². The summed E-state index contributed by atoms with van der Waals surface area (Å²) >= 11 is 0. The van der Waals surface area contributed by atoms with E-state index in [1.807, 2.05) is 70.5 Å². The van der Waals surface area contributed by atoms with Crippen LogP contribution in [0.25, 0.3) is 0 Å². The molecule has 4 bridgehead atoms. The first-order chi connectivity index (χ1) is 36.5. The zero-order valence-electron chi connectivity index (χ0n) is 46.2. The Hall–Kier alpha value is -4.23. The third kappa shape index (κ3) is 10.6. The van der Waals surface area contributed by atoms with Crippen LogP contribution in [0.4, 0.5) is 9.59 Å². The van der Waals surface area contributed by atoms with E-state index < -0.39 is 19.3 Å². The van der Waals surface area contributed by atoms with E-state index in [9.17, 15) is 19.2 Å². The lowest BCUT2D eigenvalue weighted by Crippen LogP contribution is -2.65. The van der Waals surface area contributed by atoms with E-state index in [4.69, 9.17) is 33.2 Å². The number of benzene rings is 2. The fraction of sp³-hybridized carbons (Fsp3) is 0.719. The average molecular weight is 1050 g/mol. The van der Waals surface area contributed by atoms with E-state index in [0.717, 1.165) is 88.7 Å². The first-order valence-corrected chi connectivity index (χ1v) is 28.6. The Labute approximate surface area is 451 Å². The minimum Gasteiger partial charge on any atom is -0.445 e. The molecule has 6 aliphatic carbocycles. The number of hydrogen-bond donors (Lipinski definition) is 3. The van der Waals surface area contributed by atoms with Gasteiger partial charge in [-0.1, -0.05) is 88.4 Å². The van der Waals surface area contributed by atoms with Gasteiger partial charge in [0, 0.05) is 45.9 Å². The molecular formula is C57H84B2N6O11. The van der Waals surface area contributed by atoms with Crippen molar-refractivity contribution in [2.45, 2.75) is 166 Å².